The quantitative estimate of drug-likeness (QED) is 0.792. The van der Waals surface area contributed by atoms with E-state index < -0.39 is 0 Å². The molecule has 0 amide bonds. The van der Waals surface area contributed by atoms with Gasteiger partial charge in [-0.1, -0.05) is 34.9 Å². The molecular weight excluding hydrogens is 241 g/mol. The minimum Gasteiger partial charge on any atom is -0.310 e. The number of hydrogen-bond donors (Lipinski definition) is 1. The number of rotatable bonds is 3. The summed E-state index contributed by atoms with van der Waals surface area (Å²) in [6.45, 7) is 0. The van der Waals surface area contributed by atoms with Crippen LogP contribution < -0.4 is 5.32 Å². The van der Waals surface area contributed by atoms with Crippen molar-refractivity contribution in [2.45, 2.75) is 25.3 Å². The van der Waals surface area contributed by atoms with Crippen molar-refractivity contribution in [3.63, 3.8) is 0 Å². The monoisotopic (exact) mass is 255 g/mol. The maximum atomic E-state index is 6.22. The Labute approximate surface area is 106 Å². The Balaban J connectivity index is 2.35. The van der Waals surface area contributed by atoms with Crippen LogP contribution in [0.3, 0.4) is 0 Å². The van der Waals surface area contributed by atoms with Crippen LogP contribution in [0.5, 0.6) is 0 Å². The number of hydrogen-bond acceptors (Lipinski definition) is 1. The normalized spacial score (nSPS) is 17.3. The molecule has 0 heterocycles. The molecule has 0 radical (unpaired) electrons. The molecule has 16 heavy (non-hydrogen) atoms. The van der Waals surface area contributed by atoms with Crippen LogP contribution in [0.1, 0.15) is 30.9 Å². The molecule has 1 N–H and O–H groups in total. The van der Waals surface area contributed by atoms with Gasteiger partial charge in [-0.2, -0.15) is 0 Å². The first-order chi connectivity index (χ1) is 7.72. The molecule has 1 unspecified atom stereocenters. The van der Waals surface area contributed by atoms with Crippen LogP contribution >= 0.6 is 23.2 Å². The number of allylic oxidation sites excluding steroid dienone is 1. The van der Waals surface area contributed by atoms with Gasteiger partial charge in [0.2, 0.25) is 0 Å². The summed E-state index contributed by atoms with van der Waals surface area (Å²) in [6.07, 6.45) is 5.87. The molecule has 2 rings (SSSR count). The van der Waals surface area contributed by atoms with Gasteiger partial charge in [-0.25, -0.2) is 0 Å². The van der Waals surface area contributed by atoms with E-state index in [1.165, 1.54) is 18.4 Å². The fourth-order valence-electron chi connectivity index (χ4n) is 2.23. The van der Waals surface area contributed by atoms with E-state index >= 15 is 0 Å². The van der Waals surface area contributed by atoms with Gasteiger partial charge in [0.25, 0.3) is 0 Å². The maximum Gasteiger partial charge on any atom is 0.0548 e. The molecule has 0 spiro atoms. The molecule has 0 bridgehead atoms. The SMILES string of the molecule is CNC(C1=CCCC1)c1cc(Cl)ccc1Cl. The molecule has 1 aliphatic carbocycles. The van der Waals surface area contributed by atoms with E-state index in [9.17, 15) is 0 Å². The summed E-state index contributed by atoms with van der Waals surface area (Å²) in [6, 6.07) is 5.83. The lowest BCUT2D eigenvalue weighted by Gasteiger charge is -2.19. The maximum absolute atomic E-state index is 6.22. The Bertz CT molecular complexity index is 412. The predicted octanol–water partition coefficient (Wildman–Crippen LogP) is 4.36. The van der Waals surface area contributed by atoms with Crippen LogP contribution in [0.25, 0.3) is 0 Å². The van der Waals surface area contributed by atoms with Crippen molar-refractivity contribution in [3.8, 4) is 0 Å². The van der Waals surface area contributed by atoms with Gasteiger partial charge in [0.15, 0.2) is 0 Å². The summed E-state index contributed by atoms with van der Waals surface area (Å²) in [5.74, 6) is 0. The summed E-state index contributed by atoms with van der Waals surface area (Å²) in [5, 5.41) is 4.83. The molecule has 0 saturated heterocycles. The third-order valence-electron chi connectivity index (χ3n) is 3.00. The van der Waals surface area contributed by atoms with Crippen LogP contribution in [0.4, 0.5) is 0 Å². The van der Waals surface area contributed by atoms with E-state index in [0.717, 1.165) is 22.0 Å². The number of halogens is 2. The highest BCUT2D eigenvalue weighted by Crippen LogP contribution is 2.35. The summed E-state index contributed by atoms with van der Waals surface area (Å²) >= 11 is 12.2. The summed E-state index contributed by atoms with van der Waals surface area (Å²) in [5.41, 5.74) is 2.50. The van der Waals surface area contributed by atoms with Crippen LogP contribution in [-0.2, 0) is 0 Å². The fraction of sp³-hybridized carbons (Fsp3) is 0.385. The highest BCUT2D eigenvalue weighted by atomic mass is 35.5. The van der Waals surface area contributed by atoms with E-state index in [1.807, 2.05) is 25.2 Å². The van der Waals surface area contributed by atoms with Gasteiger partial charge in [-0.05, 0) is 50.1 Å². The van der Waals surface area contributed by atoms with Gasteiger partial charge < -0.3 is 5.32 Å². The van der Waals surface area contributed by atoms with Gasteiger partial charge >= 0.3 is 0 Å². The zero-order valence-corrected chi connectivity index (χ0v) is 10.8. The second kappa shape index (κ2) is 5.22. The predicted molar refractivity (Wildman–Crippen MR) is 70.2 cm³/mol. The first-order valence-corrected chi connectivity index (χ1v) is 6.29. The lowest BCUT2D eigenvalue weighted by molar-refractivity contribution is 0.656. The van der Waals surface area contributed by atoms with Crippen LogP contribution in [0, 0.1) is 0 Å². The highest BCUT2D eigenvalue weighted by Gasteiger charge is 2.19. The van der Waals surface area contributed by atoms with Crippen LogP contribution in [0.15, 0.2) is 29.8 Å². The molecule has 0 aromatic heterocycles. The molecule has 1 atom stereocenters. The summed E-state index contributed by atoms with van der Waals surface area (Å²) < 4.78 is 0. The van der Waals surface area contributed by atoms with Crippen molar-refractivity contribution in [2.75, 3.05) is 7.05 Å². The van der Waals surface area contributed by atoms with E-state index in [1.54, 1.807) is 0 Å². The molecule has 3 heteroatoms. The highest BCUT2D eigenvalue weighted by molar-refractivity contribution is 6.33. The van der Waals surface area contributed by atoms with E-state index in [4.69, 9.17) is 23.2 Å². The molecule has 1 aliphatic rings. The molecule has 1 aromatic carbocycles. The van der Waals surface area contributed by atoms with Crippen molar-refractivity contribution in [1.29, 1.82) is 0 Å². The fourth-order valence-corrected chi connectivity index (χ4v) is 2.64. The topological polar surface area (TPSA) is 12.0 Å². The lowest BCUT2D eigenvalue weighted by atomic mass is 9.98. The van der Waals surface area contributed by atoms with E-state index in [0.29, 0.717) is 0 Å². The molecule has 0 saturated carbocycles. The van der Waals surface area contributed by atoms with Gasteiger partial charge in [0, 0.05) is 10.0 Å². The average molecular weight is 256 g/mol. The average Bonchev–Trinajstić information content (AvgIpc) is 2.78. The zero-order chi connectivity index (χ0) is 11.5. The van der Waals surface area contributed by atoms with Crippen LogP contribution in [0.2, 0.25) is 10.0 Å². The number of nitrogens with one attached hydrogen (secondary N) is 1. The number of benzene rings is 1. The zero-order valence-electron chi connectivity index (χ0n) is 9.26. The van der Waals surface area contributed by atoms with E-state index in [2.05, 4.69) is 11.4 Å². The van der Waals surface area contributed by atoms with Gasteiger partial charge in [0.05, 0.1) is 6.04 Å². The van der Waals surface area contributed by atoms with Gasteiger partial charge in [0.1, 0.15) is 0 Å². The number of likely N-dealkylation sites (N-methyl/N-ethyl adjacent to an activating group) is 1. The molecule has 0 aliphatic heterocycles. The Hall–Kier alpha value is -0.500. The van der Waals surface area contributed by atoms with Crippen molar-refractivity contribution in [3.05, 3.63) is 45.5 Å². The molecule has 86 valence electrons. The minimum absolute atomic E-state index is 0.202. The second-order valence-corrected chi connectivity index (χ2v) is 4.90. The van der Waals surface area contributed by atoms with Crippen molar-refractivity contribution >= 4 is 23.2 Å². The van der Waals surface area contributed by atoms with Crippen molar-refractivity contribution < 1.29 is 0 Å². The summed E-state index contributed by atoms with van der Waals surface area (Å²) in [4.78, 5) is 0. The summed E-state index contributed by atoms with van der Waals surface area (Å²) in [7, 11) is 1.96. The van der Waals surface area contributed by atoms with Crippen molar-refractivity contribution in [1.82, 2.24) is 5.32 Å². The largest absolute Gasteiger partial charge is 0.310 e. The molecule has 1 aromatic rings. The first-order valence-electron chi connectivity index (χ1n) is 5.53. The molecule has 1 nitrogen and oxygen atoms in total. The Morgan fingerprint density at radius 2 is 2.12 bits per heavy atom. The van der Waals surface area contributed by atoms with Crippen LogP contribution in [-0.4, -0.2) is 7.05 Å². The smallest absolute Gasteiger partial charge is 0.0548 e. The van der Waals surface area contributed by atoms with Gasteiger partial charge in [-0.3, -0.25) is 0 Å². The molecule has 0 fully saturated rings. The van der Waals surface area contributed by atoms with E-state index in [-0.39, 0.29) is 6.04 Å². The standard InChI is InChI=1S/C13H15Cl2N/c1-16-13(9-4-2-3-5-9)11-8-10(14)6-7-12(11)15/h4,6-8,13,16H,2-3,5H2,1H3. The van der Waals surface area contributed by atoms with Gasteiger partial charge in [-0.15, -0.1) is 0 Å². The second-order valence-electron chi connectivity index (χ2n) is 4.06. The first kappa shape index (κ1) is 12.0. The third-order valence-corrected chi connectivity index (χ3v) is 3.58. The van der Waals surface area contributed by atoms with Crippen molar-refractivity contribution in [2.24, 2.45) is 0 Å². The third kappa shape index (κ3) is 2.42. The minimum atomic E-state index is 0.202. The Kier molecular flexibility index (Phi) is 3.91. The Morgan fingerprint density at radius 3 is 2.75 bits per heavy atom. The molecular formula is C13H15Cl2N. The lowest BCUT2D eigenvalue weighted by Crippen LogP contribution is -2.18. The Morgan fingerprint density at radius 1 is 1.31 bits per heavy atom.